The molecule has 0 aromatic heterocycles. The number of hydrogen-bond acceptors (Lipinski definition) is 4. The lowest BCUT2D eigenvalue weighted by Crippen LogP contribution is -2.45. The molecule has 4 nitrogen and oxygen atoms in total. The fourth-order valence-electron chi connectivity index (χ4n) is 2.44. The van der Waals surface area contributed by atoms with E-state index in [-0.39, 0.29) is 5.75 Å². The summed E-state index contributed by atoms with van der Waals surface area (Å²) in [5.41, 5.74) is 0.662. The largest absolute Gasteiger partial charge is 0.493 e. The third-order valence-electron chi connectivity index (χ3n) is 3.57. The van der Waals surface area contributed by atoms with Crippen LogP contribution in [0.5, 0.6) is 11.5 Å². The van der Waals surface area contributed by atoms with E-state index in [0.717, 1.165) is 19.4 Å². The molecule has 0 atom stereocenters. The normalized spacial score (nSPS) is 21.2. The third-order valence-corrected chi connectivity index (χ3v) is 3.57. The molecule has 0 aliphatic heterocycles. The standard InChI is InChI=1S/C15H21F2NO3/c1-3-20-12-7-11(8-12)18-9-10-5-4-6-13(19-2)14(10)21-15(16)17/h4-6,11-12,15,18H,3,7-9H2,1-2H3. The van der Waals surface area contributed by atoms with Gasteiger partial charge in [-0.1, -0.05) is 12.1 Å². The minimum absolute atomic E-state index is 0.100. The molecule has 0 bridgehead atoms. The molecule has 0 heterocycles. The molecule has 2 rings (SSSR count). The highest BCUT2D eigenvalue weighted by Crippen LogP contribution is 2.33. The van der Waals surface area contributed by atoms with Gasteiger partial charge in [0.25, 0.3) is 0 Å². The van der Waals surface area contributed by atoms with Gasteiger partial charge in [-0.2, -0.15) is 8.78 Å². The monoisotopic (exact) mass is 301 g/mol. The van der Waals surface area contributed by atoms with Crippen molar-refractivity contribution in [1.82, 2.24) is 5.32 Å². The molecule has 0 saturated heterocycles. The van der Waals surface area contributed by atoms with Crippen LogP contribution in [0.15, 0.2) is 18.2 Å². The minimum Gasteiger partial charge on any atom is -0.493 e. The Morgan fingerprint density at radius 1 is 1.33 bits per heavy atom. The van der Waals surface area contributed by atoms with E-state index in [2.05, 4.69) is 10.1 Å². The summed E-state index contributed by atoms with van der Waals surface area (Å²) in [6.45, 7) is 0.291. The molecule has 0 unspecified atom stereocenters. The summed E-state index contributed by atoms with van der Waals surface area (Å²) in [6, 6.07) is 5.48. The number of methoxy groups -OCH3 is 1. The zero-order chi connectivity index (χ0) is 15.2. The van der Waals surface area contributed by atoms with Gasteiger partial charge >= 0.3 is 6.61 Å². The maximum absolute atomic E-state index is 12.5. The second-order valence-electron chi connectivity index (χ2n) is 4.95. The Kier molecular flexibility index (Phi) is 5.76. The Bertz CT molecular complexity index is 451. The Hall–Kier alpha value is -1.40. The second-order valence-corrected chi connectivity index (χ2v) is 4.95. The van der Waals surface area contributed by atoms with Crippen LogP contribution in [0, 0.1) is 0 Å². The van der Waals surface area contributed by atoms with E-state index in [1.165, 1.54) is 7.11 Å². The van der Waals surface area contributed by atoms with Crippen LogP contribution in [0.1, 0.15) is 25.3 Å². The summed E-state index contributed by atoms with van der Waals surface area (Å²) >= 11 is 0. The van der Waals surface area contributed by atoms with Gasteiger partial charge in [0.1, 0.15) is 0 Å². The average Bonchev–Trinajstić information content (AvgIpc) is 2.41. The van der Waals surface area contributed by atoms with Crippen molar-refractivity contribution in [2.24, 2.45) is 0 Å². The minimum atomic E-state index is -2.87. The van der Waals surface area contributed by atoms with Gasteiger partial charge in [0.05, 0.1) is 13.2 Å². The first kappa shape index (κ1) is 16.0. The van der Waals surface area contributed by atoms with E-state index in [4.69, 9.17) is 9.47 Å². The Morgan fingerprint density at radius 3 is 2.71 bits per heavy atom. The summed E-state index contributed by atoms with van der Waals surface area (Å²) in [5.74, 6) is 0.415. The van der Waals surface area contributed by atoms with Crippen LogP contribution < -0.4 is 14.8 Å². The lowest BCUT2D eigenvalue weighted by molar-refractivity contribution is -0.0520. The molecule has 0 radical (unpaired) electrons. The molecule has 118 valence electrons. The number of rotatable bonds is 8. The summed E-state index contributed by atoms with van der Waals surface area (Å²) in [6.07, 6.45) is 2.21. The molecule has 0 amide bonds. The first-order valence-corrected chi connectivity index (χ1v) is 7.09. The fourth-order valence-corrected chi connectivity index (χ4v) is 2.44. The number of alkyl halides is 2. The maximum Gasteiger partial charge on any atom is 0.387 e. The first-order chi connectivity index (χ1) is 10.1. The maximum atomic E-state index is 12.5. The molecule has 1 aromatic carbocycles. The molecule has 1 aliphatic rings. The number of hydrogen-bond donors (Lipinski definition) is 1. The molecule has 1 N–H and O–H groups in total. The van der Waals surface area contributed by atoms with Crippen LogP contribution >= 0.6 is 0 Å². The Balaban J connectivity index is 1.93. The van der Waals surface area contributed by atoms with Crippen molar-refractivity contribution in [2.45, 2.75) is 45.1 Å². The molecule has 1 fully saturated rings. The Labute approximate surface area is 123 Å². The fraction of sp³-hybridized carbons (Fsp3) is 0.600. The van der Waals surface area contributed by atoms with Gasteiger partial charge in [-0.3, -0.25) is 0 Å². The van der Waals surface area contributed by atoms with Crippen molar-refractivity contribution in [3.05, 3.63) is 23.8 Å². The molecule has 0 spiro atoms. The number of halogens is 2. The average molecular weight is 301 g/mol. The second kappa shape index (κ2) is 7.56. The highest BCUT2D eigenvalue weighted by molar-refractivity contribution is 5.46. The molecular weight excluding hydrogens is 280 g/mol. The number of nitrogens with one attached hydrogen (secondary N) is 1. The summed E-state index contributed by atoms with van der Waals surface area (Å²) in [4.78, 5) is 0. The quantitative estimate of drug-likeness (QED) is 0.801. The van der Waals surface area contributed by atoms with E-state index in [9.17, 15) is 8.78 Å². The predicted octanol–water partition coefficient (Wildman–Crippen LogP) is 2.95. The van der Waals surface area contributed by atoms with E-state index in [1.807, 2.05) is 6.92 Å². The molecule has 21 heavy (non-hydrogen) atoms. The molecule has 1 aliphatic carbocycles. The van der Waals surface area contributed by atoms with Crippen molar-refractivity contribution in [3.8, 4) is 11.5 Å². The molecule has 6 heteroatoms. The van der Waals surface area contributed by atoms with Crippen LogP contribution in [-0.2, 0) is 11.3 Å². The van der Waals surface area contributed by atoms with Crippen LogP contribution in [-0.4, -0.2) is 32.5 Å². The van der Waals surface area contributed by atoms with Gasteiger partial charge in [0, 0.05) is 24.8 Å². The van der Waals surface area contributed by atoms with Crippen molar-refractivity contribution in [1.29, 1.82) is 0 Å². The number of benzene rings is 1. The highest BCUT2D eigenvalue weighted by atomic mass is 19.3. The van der Waals surface area contributed by atoms with Crippen molar-refractivity contribution >= 4 is 0 Å². The molecule has 1 saturated carbocycles. The van der Waals surface area contributed by atoms with Gasteiger partial charge in [-0.25, -0.2) is 0 Å². The van der Waals surface area contributed by atoms with Crippen LogP contribution in [0.2, 0.25) is 0 Å². The van der Waals surface area contributed by atoms with Crippen LogP contribution in [0.25, 0.3) is 0 Å². The predicted molar refractivity (Wildman–Crippen MR) is 74.9 cm³/mol. The van der Waals surface area contributed by atoms with Crippen LogP contribution in [0.4, 0.5) is 8.78 Å². The lowest BCUT2D eigenvalue weighted by atomic mass is 9.89. The van der Waals surface area contributed by atoms with Gasteiger partial charge in [-0.05, 0) is 25.8 Å². The van der Waals surface area contributed by atoms with Crippen molar-refractivity contribution in [2.75, 3.05) is 13.7 Å². The number of ether oxygens (including phenoxy) is 3. The summed E-state index contributed by atoms with van der Waals surface area (Å²) < 4.78 is 40.2. The van der Waals surface area contributed by atoms with E-state index in [0.29, 0.717) is 30.0 Å². The SMILES string of the molecule is CCOC1CC(NCc2cccc(OC)c2OC(F)F)C1. The molecule has 1 aromatic rings. The van der Waals surface area contributed by atoms with E-state index < -0.39 is 6.61 Å². The highest BCUT2D eigenvalue weighted by Gasteiger charge is 2.29. The third kappa shape index (κ3) is 4.28. The smallest absolute Gasteiger partial charge is 0.387 e. The molecular formula is C15H21F2NO3. The van der Waals surface area contributed by atoms with Gasteiger partial charge in [0.2, 0.25) is 0 Å². The van der Waals surface area contributed by atoms with E-state index in [1.54, 1.807) is 18.2 Å². The van der Waals surface area contributed by atoms with Gasteiger partial charge in [-0.15, -0.1) is 0 Å². The van der Waals surface area contributed by atoms with Crippen molar-refractivity contribution in [3.63, 3.8) is 0 Å². The van der Waals surface area contributed by atoms with E-state index >= 15 is 0 Å². The zero-order valence-electron chi connectivity index (χ0n) is 12.3. The van der Waals surface area contributed by atoms with Gasteiger partial charge in [0.15, 0.2) is 11.5 Å². The first-order valence-electron chi connectivity index (χ1n) is 7.09. The van der Waals surface area contributed by atoms with Crippen molar-refractivity contribution < 1.29 is 23.0 Å². The summed E-state index contributed by atoms with van der Waals surface area (Å²) in [7, 11) is 1.43. The van der Waals surface area contributed by atoms with Crippen LogP contribution in [0.3, 0.4) is 0 Å². The van der Waals surface area contributed by atoms with Gasteiger partial charge < -0.3 is 19.5 Å². The lowest BCUT2D eigenvalue weighted by Gasteiger charge is -2.35. The topological polar surface area (TPSA) is 39.7 Å². The number of para-hydroxylation sites is 1. The summed E-state index contributed by atoms with van der Waals surface area (Å²) in [5, 5.41) is 3.33. The Morgan fingerprint density at radius 2 is 2.10 bits per heavy atom. The zero-order valence-corrected chi connectivity index (χ0v) is 12.3.